The van der Waals surface area contributed by atoms with Gasteiger partial charge in [0.2, 0.25) is 0 Å². The molecule has 4 unspecified atom stereocenters. The summed E-state index contributed by atoms with van der Waals surface area (Å²) < 4.78 is 4.54. The van der Waals surface area contributed by atoms with Gasteiger partial charge in [0, 0.05) is 176 Å². The van der Waals surface area contributed by atoms with Gasteiger partial charge in [0.1, 0.15) is 18.3 Å². The molecule has 9 heteroatoms. The van der Waals surface area contributed by atoms with E-state index in [2.05, 4.69) is 4.74 Å². The Balaban J connectivity index is -0.000000125. The Labute approximate surface area is 226 Å². The Kier molecular flexibility index (Phi) is 29.8. The van der Waals surface area contributed by atoms with Crippen LogP contribution in [-0.2, 0) is 4.74 Å². The molecule has 4 atom stereocenters. The first kappa shape index (κ1) is 27.8. The quantitative estimate of drug-likeness (QED) is 0.232. The summed E-state index contributed by atoms with van der Waals surface area (Å²) in [6.07, 6.45) is -4.76. The van der Waals surface area contributed by atoms with Crippen LogP contribution in [0.5, 0.6) is 0 Å². The zero-order chi connectivity index (χ0) is 7.72. The molecule has 1 heterocycles. The van der Waals surface area contributed by atoms with Crippen molar-refractivity contribution in [2.75, 3.05) is 6.61 Å². The van der Waals surface area contributed by atoms with Crippen LogP contribution in [0.1, 0.15) is 0 Å². The Morgan fingerprint density at radius 2 is 1.29 bits per heavy atom. The van der Waals surface area contributed by atoms with Gasteiger partial charge in [-0.3, -0.25) is 0 Å². The van der Waals surface area contributed by atoms with Crippen molar-refractivity contribution in [3.8, 4) is 0 Å². The molecule has 0 saturated carbocycles. The zero-order valence-corrected chi connectivity index (χ0v) is 26.5. The van der Waals surface area contributed by atoms with Crippen molar-refractivity contribution >= 4 is 0 Å². The van der Waals surface area contributed by atoms with E-state index < -0.39 is 31.2 Å². The second-order valence-electron chi connectivity index (χ2n) is 2.23. The van der Waals surface area contributed by atoms with Crippen molar-refractivity contribution in [3.63, 3.8) is 0 Å². The van der Waals surface area contributed by atoms with Crippen LogP contribution >= 0.6 is 0 Å². The monoisotopic (exact) mass is 1060 g/mol. The summed E-state index contributed by atoms with van der Waals surface area (Å²) in [6.45, 7) is -0.407. The molecule has 4 N–H and O–H groups in total. The van der Waals surface area contributed by atoms with Crippen molar-refractivity contribution in [3.05, 3.63) is 0 Å². The van der Waals surface area contributed by atoms with E-state index in [1.165, 1.54) is 0 Å². The Bertz CT molecular complexity index is 129. The smallest absolute Gasteiger partial charge is 0.184 e. The summed E-state index contributed by atoms with van der Waals surface area (Å²) in [5.74, 6) is 0. The summed E-state index contributed by atoms with van der Waals surface area (Å²) in [4.78, 5) is 0. The number of hydrogen-bond acceptors (Lipinski definition) is 5. The molecule has 1 rings (SSSR count). The molecule has 1 fully saturated rings. The molecule has 0 bridgehead atoms. The molecular weight excluding hydrogens is 1050 g/mol. The Morgan fingerprint density at radius 3 is 1.43 bits per heavy atom. The van der Waals surface area contributed by atoms with E-state index in [9.17, 15) is 0 Å². The molecule has 0 aromatic rings. The maximum absolute atomic E-state index is 8.93. The summed E-state index contributed by atoms with van der Waals surface area (Å²) in [5, 5.41) is 35.0. The molecule has 1 saturated heterocycles. The fraction of sp³-hybridized carbons (Fsp3) is 1.00. The van der Waals surface area contributed by atoms with E-state index >= 15 is 0 Å². The van der Waals surface area contributed by atoms with Crippen LogP contribution in [0.25, 0.3) is 0 Å². The van der Waals surface area contributed by atoms with Gasteiger partial charge in [-0.1, -0.05) is 0 Å². The number of ether oxygens (including phenoxy) is 1. The van der Waals surface area contributed by atoms with Gasteiger partial charge in [-0.2, -0.15) is 0 Å². The molecule has 14 heavy (non-hydrogen) atoms. The van der Waals surface area contributed by atoms with Gasteiger partial charge < -0.3 is 25.2 Å². The third-order valence-electron chi connectivity index (χ3n) is 1.52. The Morgan fingerprint density at radius 1 is 0.857 bits per heavy atom. The molecule has 0 aromatic heterocycles. The van der Waals surface area contributed by atoms with E-state index in [0.29, 0.717) is 0 Å². The fourth-order valence-electron chi connectivity index (χ4n) is 0.880. The molecule has 5 nitrogen and oxygen atoms in total. The molecule has 4 radical (unpaired) electrons. The standard InChI is InChI=1S/C5H10O5.4Ac/c6-1-2-3(7)4(8)5(9)10-2;;;;/h2-9H,1H2;;;;. The topological polar surface area (TPSA) is 90.2 Å². The molecule has 1 aliphatic heterocycles. The van der Waals surface area contributed by atoms with Crippen LogP contribution in [0.15, 0.2) is 0 Å². The Hall–Kier alpha value is 5.57. The average molecular weight is 1060 g/mol. The minimum Gasteiger partial charge on any atom is -0.394 e. The molecule has 0 amide bonds. The molecular formula is C5H10Ac4O5. The first-order chi connectivity index (χ1) is 4.66. The largest absolute Gasteiger partial charge is 0.394 e. The van der Waals surface area contributed by atoms with Crippen LogP contribution in [0, 0.1) is 176 Å². The second-order valence-corrected chi connectivity index (χ2v) is 2.23. The third kappa shape index (κ3) is 8.68. The fourth-order valence-corrected chi connectivity index (χ4v) is 0.880. The number of aliphatic hydroxyl groups excluding tert-OH is 4. The number of hydrogen-bond donors (Lipinski definition) is 4. The predicted octanol–water partition coefficient (Wildman–Crippen LogP) is -2.58. The van der Waals surface area contributed by atoms with Crippen molar-refractivity contribution in [1.82, 2.24) is 0 Å². The molecule has 0 aromatic carbocycles. The van der Waals surface area contributed by atoms with Gasteiger partial charge in [0.15, 0.2) is 6.29 Å². The van der Waals surface area contributed by atoms with Crippen molar-refractivity contribution in [2.24, 2.45) is 0 Å². The third-order valence-corrected chi connectivity index (χ3v) is 1.52. The zero-order valence-electron chi connectivity index (χ0n) is 7.52. The van der Waals surface area contributed by atoms with Gasteiger partial charge in [0.25, 0.3) is 0 Å². The van der Waals surface area contributed by atoms with E-state index in [4.69, 9.17) is 20.4 Å². The summed E-state index contributed by atoms with van der Waals surface area (Å²) in [7, 11) is 0. The molecule has 0 aliphatic carbocycles. The van der Waals surface area contributed by atoms with Gasteiger partial charge >= 0.3 is 0 Å². The van der Waals surface area contributed by atoms with Crippen LogP contribution in [0.4, 0.5) is 0 Å². The van der Waals surface area contributed by atoms with Gasteiger partial charge in [-0.15, -0.1) is 0 Å². The minimum absolute atomic E-state index is 0. The van der Waals surface area contributed by atoms with E-state index in [-0.39, 0.29) is 176 Å². The summed E-state index contributed by atoms with van der Waals surface area (Å²) in [6, 6.07) is 0. The predicted molar refractivity (Wildman–Crippen MR) is 30.0 cm³/mol. The number of aliphatic hydroxyl groups is 4. The van der Waals surface area contributed by atoms with Gasteiger partial charge in [-0.25, -0.2) is 0 Å². The summed E-state index contributed by atoms with van der Waals surface area (Å²) in [5.41, 5.74) is 0. The van der Waals surface area contributed by atoms with Crippen molar-refractivity contribution < 1.29 is 201 Å². The normalized spacial score (nSPS) is 34.3. The van der Waals surface area contributed by atoms with Gasteiger partial charge in [0.05, 0.1) is 6.61 Å². The van der Waals surface area contributed by atoms with Crippen LogP contribution in [0.3, 0.4) is 0 Å². The minimum atomic E-state index is -1.38. The van der Waals surface area contributed by atoms with Crippen LogP contribution in [0.2, 0.25) is 0 Å². The van der Waals surface area contributed by atoms with Crippen molar-refractivity contribution in [1.29, 1.82) is 0 Å². The van der Waals surface area contributed by atoms with Crippen LogP contribution in [-0.4, -0.2) is 51.6 Å². The van der Waals surface area contributed by atoms with E-state index in [1.54, 1.807) is 0 Å². The molecule has 0 spiro atoms. The van der Waals surface area contributed by atoms with Crippen molar-refractivity contribution in [2.45, 2.75) is 24.6 Å². The first-order valence-corrected chi connectivity index (χ1v) is 2.97. The molecule has 72 valence electrons. The maximum Gasteiger partial charge on any atom is 0.184 e. The first-order valence-electron chi connectivity index (χ1n) is 2.97. The van der Waals surface area contributed by atoms with Gasteiger partial charge in [-0.05, 0) is 0 Å². The maximum atomic E-state index is 8.93. The number of rotatable bonds is 1. The second kappa shape index (κ2) is 15.0. The summed E-state index contributed by atoms with van der Waals surface area (Å²) >= 11 is 0. The SMILES string of the molecule is OCC1OC(O)C(O)C1O.[Ac].[Ac].[Ac].[Ac]. The average Bonchev–Trinajstić information content (AvgIpc) is 2.17. The molecule has 1 aliphatic rings. The van der Waals surface area contributed by atoms with E-state index in [1.807, 2.05) is 0 Å². The van der Waals surface area contributed by atoms with E-state index in [0.717, 1.165) is 0 Å². The van der Waals surface area contributed by atoms with Crippen LogP contribution < -0.4 is 0 Å².